The molecule has 3 nitrogen and oxygen atoms in total. The third-order valence-electron chi connectivity index (χ3n) is 6.83. The predicted octanol–water partition coefficient (Wildman–Crippen LogP) is 7.07. The standard InChI is InChI=1S/C29H26N2O/c1-29(2)16-24-27(25(32)17-29)28(31-23-14-8-7-13-22(23)30-24)26-20-11-5-3-9-18(20)15-19-10-4-6-12-21(19)26/h3-16,27-28,30-31H,17H2,1-2H3/t27-,28-/m1/s1. The van der Waals surface area contributed by atoms with Gasteiger partial charge in [-0.05, 0) is 50.7 Å². The van der Waals surface area contributed by atoms with Crippen molar-refractivity contribution in [2.45, 2.75) is 26.3 Å². The number of anilines is 2. The maximum Gasteiger partial charge on any atom is 0.145 e. The first-order chi connectivity index (χ1) is 15.5. The van der Waals surface area contributed by atoms with E-state index in [9.17, 15) is 4.79 Å². The Balaban J connectivity index is 1.68. The van der Waals surface area contributed by atoms with Crippen molar-refractivity contribution >= 4 is 38.7 Å². The van der Waals surface area contributed by atoms with Gasteiger partial charge in [-0.15, -0.1) is 0 Å². The van der Waals surface area contributed by atoms with Gasteiger partial charge in [-0.3, -0.25) is 4.79 Å². The van der Waals surface area contributed by atoms with E-state index in [1.54, 1.807) is 0 Å². The van der Waals surface area contributed by atoms with Crippen molar-refractivity contribution in [1.82, 2.24) is 0 Å². The van der Waals surface area contributed by atoms with Gasteiger partial charge in [0, 0.05) is 12.1 Å². The number of rotatable bonds is 1. The first-order valence-corrected chi connectivity index (χ1v) is 11.3. The molecule has 0 aromatic heterocycles. The molecule has 1 aliphatic carbocycles. The molecule has 0 saturated heterocycles. The van der Waals surface area contributed by atoms with Crippen LogP contribution >= 0.6 is 0 Å². The summed E-state index contributed by atoms with van der Waals surface area (Å²) in [5, 5.41) is 12.2. The third kappa shape index (κ3) is 3.00. The van der Waals surface area contributed by atoms with Gasteiger partial charge in [-0.2, -0.15) is 0 Å². The third-order valence-corrected chi connectivity index (χ3v) is 6.83. The first kappa shape index (κ1) is 19.1. The Kier molecular flexibility index (Phi) is 4.16. The van der Waals surface area contributed by atoms with Crippen LogP contribution in [0.2, 0.25) is 0 Å². The molecule has 4 aromatic rings. The minimum atomic E-state index is -0.273. The monoisotopic (exact) mass is 418 g/mol. The lowest BCUT2D eigenvalue weighted by Crippen LogP contribution is -2.36. The highest BCUT2D eigenvalue weighted by Crippen LogP contribution is 2.48. The number of hydrogen-bond acceptors (Lipinski definition) is 3. The van der Waals surface area contributed by atoms with E-state index in [1.165, 1.54) is 27.1 Å². The quantitative estimate of drug-likeness (QED) is 0.325. The lowest BCUT2D eigenvalue weighted by atomic mass is 9.72. The van der Waals surface area contributed by atoms with Gasteiger partial charge in [0.1, 0.15) is 5.78 Å². The molecule has 2 aliphatic rings. The Morgan fingerprint density at radius 2 is 1.41 bits per heavy atom. The van der Waals surface area contributed by atoms with Crippen molar-refractivity contribution in [3.63, 3.8) is 0 Å². The molecule has 6 rings (SSSR count). The summed E-state index contributed by atoms with van der Waals surface area (Å²) in [5.74, 6) is 0.00644. The molecule has 0 spiro atoms. The average Bonchev–Trinajstić information content (AvgIpc) is 2.93. The van der Waals surface area contributed by atoms with Crippen LogP contribution in [0.4, 0.5) is 11.4 Å². The summed E-state index contributed by atoms with van der Waals surface area (Å²) in [6.45, 7) is 4.28. The van der Waals surface area contributed by atoms with Gasteiger partial charge in [-0.25, -0.2) is 0 Å². The van der Waals surface area contributed by atoms with E-state index in [0.29, 0.717) is 6.42 Å². The summed E-state index contributed by atoms with van der Waals surface area (Å²) in [6.07, 6.45) is 2.81. The van der Waals surface area contributed by atoms with Crippen LogP contribution in [0.1, 0.15) is 31.9 Å². The highest BCUT2D eigenvalue weighted by Gasteiger charge is 2.42. The number of ketones is 1. The molecule has 0 bridgehead atoms. The van der Waals surface area contributed by atoms with E-state index >= 15 is 0 Å². The maximum absolute atomic E-state index is 13.7. The van der Waals surface area contributed by atoms with E-state index in [4.69, 9.17) is 0 Å². The van der Waals surface area contributed by atoms with Gasteiger partial charge in [0.05, 0.1) is 23.3 Å². The van der Waals surface area contributed by atoms with Gasteiger partial charge in [0.15, 0.2) is 0 Å². The van der Waals surface area contributed by atoms with Crippen molar-refractivity contribution in [2.24, 2.45) is 11.3 Å². The predicted molar refractivity (Wildman–Crippen MR) is 133 cm³/mol. The van der Waals surface area contributed by atoms with Gasteiger partial charge >= 0.3 is 0 Å². The average molecular weight is 419 g/mol. The van der Waals surface area contributed by atoms with Crippen molar-refractivity contribution < 1.29 is 4.79 Å². The summed E-state index contributed by atoms with van der Waals surface area (Å²) in [6, 6.07) is 27.4. The minimum absolute atomic E-state index is 0.166. The highest BCUT2D eigenvalue weighted by molar-refractivity contribution is 6.04. The van der Waals surface area contributed by atoms with Gasteiger partial charge < -0.3 is 10.6 Å². The Hall–Kier alpha value is -3.59. The molecule has 32 heavy (non-hydrogen) atoms. The maximum atomic E-state index is 13.7. The van der Waals surface area contributed by atoms with E-state index in [1.807, 2.05) is 12.1 Å². The Morgan fingerprint density at radius 3 is 2.09 bits per heavy atom. The number of allylic oxidation sites excluding steroid dienone is 1. The molecule has 0 radical (unpaired) electrons. The zero-order valence-corrected chi connectivity index (χ0v) is 18.4. The topological polar surface area (TPSA) is 41.1 Å². The molecule has 0 fully saturated rings. The van der Waals surface area contributed by atoms with Crippen LogP contribution in [0, 0.1) is 11.3 Å². The zero-order chi connectivity index (χ0) is 21.9. The number of hydrogen-bond donors (Lipinski definition) is 2. The second kappa shape index (κ2) is 6.96. The summed E-state index contributed by atoms with van der Waals surface area (Å²) < 4.78 is 0. The fourth-order valence-electron chi connectivity index (χ4n) is 5.52. The molecule has 3 heteroatoms. The molecule has 0 amide bonds. The van der Waals surface area contributed by atoms with E-state index in [0.717, 1.165) is 17.1 Å². The van der Waals surface area contributed by atoms with Crippen LogP contribution in [-0.2, 0) is 4.79 Å². The SMILES string of the molecule is CC1(C)C=C2Nc3ccccc3N[C@H](c3c4ccccc4cc4ccccc34)[C@H]2C(=O)C1. The van der Waals surface area contributed by atoms with Crippen molar-refractivity contribution in [2.75, 3.05) is 10.6 Å². The smallest absolute Gasteiger partial charge is 0.145 e. The van der Waals surface area contributed by atoms with Crippen LogP contribution in [-0.4, -0.2) is 5.78 Å². The van der Waals surface area contributed by atoms with Gasteiger partial charge in [0.25, 0.3) is 0 Å². The van der Waals surface area contributed by atoms with Crippen LogP contribution < -0.4 is 10.6 Å². The molecular formula is C29H26N2O. The van der Waals surface area contributed by atoms with Crippen LogP contribution in [0.15, 0.2) is 90.6 Å². The van der Waals surface area contributed by atoms with Crippen molar-refractivity contribution in [3.05, 3.63) is 96.2 Å². The normalized spacial score (nSPS) is 21.7. The first-order valence-electron chi connectivity index (χ1n) is 11.3. The second-order valence-corrected chi connectivity index (χ2v) is 9.73. The molecule has 2 N–H and O–H groups in total. The minimum Gasteiger partial charge on any atom is -0.375 e. The van der Waals surface area contributed by atoms with E-state index in [-0.39, 0.29) is 23.2 Å². The number of carbonyl (C=O) groups excluding carboxylic acids is 1. The Morgan fingerprint density at radius 1 is 0.812 bits per heavy atom. The Labute approximate surface area is 188 Å². The van der Waals surface area contributed by atoms with Crippen molar-refractivity contribution in [1.29, 1.82) is 0 Å². The second-order valence-electron chi connectivity index (χ2n) is 9.73. The van der Waals surface area contributed by atoms with Crippen LogP contribution in [0.25, 0.3) is 21.5 Å². The zero-order valence-electron chi connectivity index (χ0n) is 18.4. The molecule has 158 valence electrons. The molecule has 4 aromatic carbocycles. The molecular weight excluding hydrogens is 392 g/mol. The molecule has 2 atom stereocenters. The van der Waals surface area contributed by atoms with E-state index in [2.05, 4.69) is 97.3 Å². The Bertz CT molecular complexity index is 1360. The number of para-hydroxylation sites is 2. The summed E-state index contributed by atoms with van der Waals surface area (Å²) in [4.78, 5) is 13.7. The highest BCUT2D eigenvalue weighted by atomic mass is 16.1. The molecule has 1 heterocycles. The lowest BCUT2D eigenvalue weighted by Gasteiger charge is -2.36. The fourth-order valence-corrected chi connectivity index (χ4v) is 5.52. The van der Waals surface area contributed by atoms with Gasteiger partial charge in [0.2, 0.25) is 0 Å². The summed E-state index contributed by atoms with van der Waals surface area (Å²) >= 11 is 0. The van der Waals surface area contributed by atoms with Gasteiger partial charge in [-0.1, -0.05) is 80.6 Å². The fraction of sp³-hybridized carbons (Fsp3) is 0.207. The summed E-state index contributed by atoms with van der Waals surface area (Å²) in [7, 11) is 0. The lowest BCUT2D eigenvalue weighted by molar-refractivity contribution is -0.124. The van der Waals surface area contributed by atoms with Crippen LogP contribution in [0.3, 0.4) is 0 Å². The number of Topliss-reactive ketones (excluding diaryl/α,β-unsaturated/α-hetero) is 1. The number of nitrogens with one attached hydrogen (secondary N) is 2. The molecule has 0 saturated carbocycles. The molecule has 1 aliphatic heterocycles. The van der Waals surface area contributed by atoms with E-state index < -0.39 is 0 Å². The number of fused-ring (bicyclic) bond motifs is 4. The van der Waals surface area contributed by atoms with Crippen LogP contribution in [0.5, 0.6) is 0 Å². The van der Waals surface area contributed by atoms with Crippen molar-refractivity contribution in [3.8, 4) is 0 Å². The number of benzene rings is 4. The summed E-state index contributed by atoms with van der Waals surface area (Å²) in [5.41, 5.74) is 4.07. The molecule has 0 unspecified atom stereocenters. The largest absolute Gasteiger partial charge is 0.375 e. The number of carbonyl (C=O) groups is 1.